The highest BCUT2D eigenvalue weighted by atomic mass is 16.7. The third kappa shape index (κ3) is 1.84. The molecule has 4 nitrogen and oxygen atoms in total. The number of hydrazine groups is 1. The second-order valence-corrected chi connectivity index (χ2v) is 3.81. The van der Waals surface area contributed by atoms with Crippen LogP contribution in [0.2, 0.25) is 0 Å². The SMILES string of the molecule is C#CCN(c1ccc2c(c1)CCC2)[N+](=O)[O-]. The van der Waals surface area contributed by atoms with Crippen LogP contribution in [0.25, 0.3) is 0 Å². The van der Waals surface area contributed by atoms with Gasteiger partial charge >= 0.3 is 0 Å². The number of benzene rings is 1. The van der Waals surface area contributed by atoms with Crippen LogP contribution in [0, 0.1) is 22.5 Å². The quantitative estimate of drug-likeness (QED) is 0.439. The van der Waals surface area contributed by atoms with Crippen molar-refractivity contribution in [2.75, 3.05) is 11.6 Å². The average Bonchev–Trinajstić information content (AvgIpc) is 2.72. The zero-order valence-electron chi connectivity index (χ0n) is 8.85. The molecule has 82 valence electrons. The van der Waals surface area contributed by atoms with E-state index in [1.165, 1.54) is 11.1 Å². The summed E-state index contributed by atoms with van der Waals surface area (Å²) >= 11 is 0. The molecule has 0 unspecified atom stereocenters. The molecule has 1 aromatic carbocycles. The summed E-state index contributed by atoms with van der Waals surface area (Å²) in [6, 6.07) is 5.61. The molecule has 2 rings (SSSR count). The Kier molecular flexibility index (Phi) is 2.78. The molecule has 0 saturated heterocycles. The van der Waals surface area contributed by atoms with Crippen LogP contribution >= 0.6 is 0 Å². The molecule has 0 N–H and O–H groups in total. The Morgan fingerprint density at radius 3 is 2.88 bits per heavy atom. The van der Waals surface area contributed by atoms with E-state index in [4.69, 9.17) is 6.42 Å². The summed E-state index contributed by atoms with van der Waals surface area (Å²) in [5, 5.41) is 11.4. The molecule has 0 aliphatic heterocycles. The van der Waals surface area contributed by atoms with Crippen LogP contribution in [-0.4, -0.2) is 11.6 Å². The minimum absolute atomic E-state index is 0.00815. The zero-order chi connectivity index (χ0) is 11.5. The van der Waals surface area contributed by atoms with Gasteiger partial charge in [0.05, 0.1) is 0 Å². The maximum atomic E-state index is 10.8. The van der Waals surface area contributed by atoms with Crippen LogP contribution in [0.5, 0.6) is 0 Å². The van der Waals surface area contributed by atoms with Gasteiger partial charge in [0, 0.05) is 0 Å². The van der Waals surface area contributed by atoms with Crippen LogP contribution in [0.15, 0.2) is 18.2 Å². The van der Waals surface area contributed by atoms with Gasteiger partial charge in [-0.3, -0.25) is 0 Å². The van der Waals surface area contributed by atoms with E-state index in [0.29, 0.717) is 5.69 Å². The molecule has 16 heavy (non-hydrogen) atoms. The smallest absolute Gasteiger partial charge is 0.166 e. The van der Waals surface area contributed by atoms with Crippen molar-refractivity contribution in [1.82, 2.24) is 0 Å². The minimum Gasteiger partial charge on any atom is -0.234 e. The number of hydrogen-bond donors (Lipinski definition) is 0. The van der Waals surface area contributed by atoms with Gasteiger partial charge in [-0.05, 0) is 42.5 Å². The highest BCUT2D eigenvalue weighted by molar-refractivity contribution is 5.51. The number of rotatable bonds is 3. The summed E-state index contributed by atoms with van der Waals surface area (Å²) in [5.74, 6) is 2.30. The maximum absolute atomic E-state index is 10.8. The molecule has 0 fully saturated rings. The molecule has 1 aliphatic rings. The van der Waals surface area contributed by atoms with Gasteiger partial charge in [-0.25, -0.2) is 10.1 Å². The molecule has 0 aromatic heterocycles. The fourth-order valence-electron chi connectivity index (χ4n) is 2.05. The highest BCUT2D eigenvalue weighted by Gasteiger charge is 2.19. The molecular weight excluding hydrogens is 204 g/mol. The number of anilines is 1. The summed E-state index contributed by atoms with van der Waals surface area (Å²) in [5.41, 5.74) is 3.08. The lowest BCUT2D eigenvalue weighted by Crippen LogP contribution is -2.30. The fraction of sp³-hybridized carbons (Fsp3) is 0.333. The minimum atomic E-state index is -0.462. The number of hydrogen-bond acceptors (Lipinski definition) is 2. The number of nitrogens with zero attached hydrogens (tertiary/aromatic N) is 2. The molecule has 0 heterocycles. The number of terminal acetylenes is 1. The van der Waals surface area contributed by atoms with Gasteiger partial charge in [0.2, 0.25) is 0 Å². The van der Waals surface area contributed by atoms with E-state index in [-0.39, 0.29) is 6.54 Å². The van der Waals surface area contributed by atoms with Gasteiger partial charge in [0.15, 0.2) is 5.03 Å². The topological polar surface area (TPSA) is 46.4 Å². The predicted molar refractivity (Wildman–Crippen MR) is 61.6 cm³/mol. The van der Waals surface area contributed by atoms with Gasteiger partial charge in [-0.2, -0.15) is 0 Å². The Bertz CT molecular complexity index is 463. The monoisotopic (exact) mass is 216 g/mol. The Morgan fingerprint density at radius 1 is 1.44 bits per heavy atom. The van der Waals surface area contributed by atoms with E-state index in [1.54, 1.807) is 6.07 Å². The molecule has 0 atom stereocenters. The molecular formula is C12H12N2O2. The van der Waals surface area contributed by atoms with Gasteiger partial charge < -0.3 is 0 Å². The lowest BCUT2D eigenvalue weighted by Gasteiger charge is -2.12. The first kappa shape index (κ1) is 10.5. The Hall–Kier alpha value is -2.02. The Labute approximate surface area is 94.0 Å². The van der Waals surface area contributed by atoms with Crippen molar-refractivity contribution in [1.29, 1.82) is 0 Å². The largest absolute Gasteiger partial charge is 0.234 e. The Morgan fingerprint density at radius 2 is 2.19 bits per heavy atom. The van der Waals surface area contributed by atoms with E-state index in [2.05, 4.69) is 5.92 Å². The normalized spacial score (nSPS) is 12.9. The summed E-state index contributed by atoms with van der Waals surface area (Å²) in [6.07, 6.45) is 8.33. The van der Waals surface area contributed by atoms with E-state index in [9.17, 15) is 10.1 Å². The van der Waals surface area contributed by atoms with Crippen LogP contribution in [0.4, 0.5) is 5.69 Å². The van der Waals surface area contributed by atoms with Crippen LogP contribution in [-0.2, 0) is 12.8 Å². The molecule has 0 saturated carbocycles. The van der Waals surface area contributed by atoms with Gasteiger partial charge in [0.1, 0.15) is 12.2 Å². The molecule has 4 heteroatoms. The maximum Gasteiger partial charge on any atom is 0.166 e. The second-order valence-electron chi connectivity index (χ2n) is 3.81. The molecule has 1 aromatic rings. The first-order chi connectivity index (χ1) is 7.72. The number of aryl methyl sites for hydroxylation is 2. The molecule has 0 spiro atoms. The van der Waals surface area contributed by atoms with Crippen molar-refractivity contribution in [2.24, 2.45) is 0 Å². The first-order valence-electron chi connectivity index (χ1n) is 5.19. The molecule has 1 aliphatic carbocycles. The third-order valence-corrected chi connectivity index (χ3v) is 2.82. The molecule has 0 bridgehead atoms. The first-order valence-corrected chi connectivity index (χ1v) is 5.19. The summed E-state index contributed by atoms with van der Waals surface area (Å²) in [6.45, 7) is -0.00815. The van der Waals surface area contributed by atoms with Gasteiger partial charge in [-0.15, -0.1) is 6.42 Å². The molecule has 0 radical (unpaired) electrons. The predicted octanol–water partition coefficient (Wildman–Crippen LogP) is 1.81. The van der Waals surface area contributed by atoms with Crippen LogP contribution in [0.1, 0.15) is 17.5 Å². The van der Waals surface area contributed by atoms with Crippen molar-refractivity contribution in [3.63, 3.8) is 0 Å². The fourth-order valence-corrected chi connectivity index (χ4v) is 2.05. The number of fused-ring (bicyclic) bond motifs is 1. The highest BCUT2D eigenvalue weighted by Crippen LogP contribution is 2.26. The van der Waals surface area contributed by atoms with Crippen molar-refractivity contribution >= 4 is 5.69 Å². The number of nitro groups is 1. The van der Waals surface area contributed by atoms with Crippen LogP contribution in [0.3, 0.4) is 0 Å². The van der Waals surface area contributed by atoms with E-state index in [1.807, 2.05) is 12.1 Å². The summed E-state index contributed by atoms with van der Waals surface area (Å²) in [4.78, 5) is 10.8. The lowest BCUT2D eigenvalue weighted by molar-refractivity contribution is -0.492. The van der Waals surface area contributed by atoms with Crippen LogP contribution < -0.4 is 5.01 Å². The van der Waals surface area contributed by atoms with E-state index >= 15 is 0 Å². The van der Waals surface area contributed by atoms with Crippen molar-refractivity contribution in [3.05, 3.63) is 39.4 Å². The summed E-state index contributed by atoms with van der Waals surface area (Å²) in [7, 11) is 0. The Balaban J connectivity index is 2.32. The molecule has 0 amide bonds. The standard InChI is InChI=1S/C12H12N2O2/c1-2-8-13(14(15)16)12-7-6-10-4-3-5-11(10)9-12/h1,6-7,9H,3-5,8H2. The lowest BCUT2D eigenvalue weighted by atomic mass is 10.1. The van der Waals surface area contributed by atoms with Gasteiger partial charge in [-0.1, -0.05) is 17.0 Å². The average molecular weight is 216 g/mol. The van der Waals surface area contributed by atoms with Crippen molar-refractivity contribution in [2.45, 2.75) is 19.3 Å². The van der Waals surface area contributed by atoms with Crippen molar-refractivity contribution in [3.8, 4) is 12.3 Å². The van der Waals surface area contributed by atoms with E-state index in [0.717, 1.165) is 24.3 Å². The third-order valence-electron chi connectivity index (χ3n) is 2.82. The van der Waals surface area contributed by atoms with Crippen molar-refractivity contribution < 1.29 is 5.03 Å². The van der Waals surface area contributed by atoms with Gasteiger partial charge in [0.25, 0.3) is 0 Å². The summed E-state index contributed by atoms with van der Waals surface area (Å²) < 4.78 is 0. The second kappa shape index (κ2) is 4.23. The van der Waals surface area contributed by atoms with E-state index < -0.39 is 5.03 Å². The zero-order valence-corrected chi connectivity index (χ0v) is 8.85.